The van der Waals surface area contributed by atoms with Crippen LogP contribution in [0.5, 0.6) is 5.75 Å². The molecule has 0 fully saturated rings. The summed E-state index contributed by atoms with van der Waals surface area (Å²) in [6.07, 6.45) is -0.899. The van der Waals surface area contributed by atoms with Crippen LogP contribution in [0.4, 0.5) is 0 Å². The molecule has 1 aromatic rings. The highest BCUT2D eigenvalue weighted by atomic mass is 16.6. The SMILES string of the molecule is CCOC(C(=O)OC)c1cccc(C)c1OC(C)=O. The third-order valence-corrected chi connectivity index (χ3v) is 2.52. The molecule has 19 heavy (non-hydrogen) atoms. The molecule has 0 N–H and O–H groups in total. The summed E-state index contributed by atoms with van der Waals surface area (Å²) in [5, 5.41) is 0. The first-order valence-corrected chi connectivity index (χ1v) is 5.98. The topological polar surface area (TPSA) is 61.8 Å². The number of esters is 2. The van der Waals surface area contributed by atoms with Crippen molar-refractivity contribution in [3.05, 3.63) is 29.3 Å². The standard InChI is InChI=1S/C14H18O5/c1-5-18-13(14(16)17-4)11-8-6-7-9(2)12(11)19-10(3)15/h6-8,13H,5H2,1-4H3. The highest BCUT2D eigenvalue weighted by Gasteiger charge is 2.26. The molecule has 1 aromatic carbocycles. The summed E-state index contributed by atoms with van der Waals surface area (Å²) >= 11 is 0. The van der Waals surface area contributed by atoms with E-state index in [4.69, 9.17) is 14.2 Å². The van der Waals surface area contributed by atoms with Crippen LogP contribution in [0, 0.1) is 6.92 Å². The molecule has 0 aliphatic heterocycles. The van der Waals surface area contributed by atoms with Gasteiger partial charge in [-0.05, 0) is 19.4 Å². The Morgan fingerprint density at radius 1 is 1.32 bits per heavy atom. The first-order valence-electron chi connectivity index (χ1n) is 5.98. The Labute approximate surface area is 112 Å². The van der Waals surface area contributed by atoms with Crippen molar-refractivity contribution in [3.63, 3.8) is 0 Å². The second-order valence-corrected chi connectivity index (χ2v) is 3.95. The maximum Gasteiger partial charge on any atom is 0.339 e. The second kappa shape index (κ2) is 6.89. The normalized spacial score (nSPS) is 11.8. The minimum atomic E-state index is -0.899. The fourth-order valence-electron chi connectivity index (χ4n) is 1.72. The predicted molar refractivity (Wildman–Crippen MR) is 68.9 cm³/mol. The molecule has 0 saturated carbocycles. The van der Waals surface area contributed by atoms with Crippen LogP contribution < -0.4 is 4.74 Å². The van der Waals surface area contributed by atoms with E-state index in [2.05, 4.69) is 0 Å². The molecule has 1 rings (SSSR count). The van der Waals surface area contributed by atoms with Gasteiger partial charge in [-0.25, -0.2) is 4.79 Å². The van der Waals surface area contributed by atoms with Gasteiger partial charge in [0.05, 0.1) is 7.11 Å². The number of methoxy groups -OCH3 is 1. The maximum absolute atomic E-state index is 11.8. The molecule has 0 aliphatic rings. The van der Waals surface area contributed by atoms with Gasteiger partial charge in [0.2, 0.25) is 0 Å². The summed E-state index contributed by atoms with van der Waals surface area (Å²) in [5.41, 5.74) is 1.24. The zero-order valence-corrected chi connectivity index (χ0v) is 11.6. The number of benzene rings is 1. The third kappa shape index (κ3) is 3.79. The molecule has 5 heteroatoms. The Balaban J connectivity index is 3.25. The lowest BCUT2D eigenvalue weighted by Gasteiger charge is -2.19. The minimum Gasteiger partial charge on any atom is -0.467 e. The Morgan fingerprint density at radius 2 is 2.00 bits per heavy atom. The second-order valence-electron chi connectivity index (χ2n) is 3.95. The molecule has 0 radical (unpaired) electrons. The summed E-state index contributed by atoms with van der Waals surface area (Å²) in [6, 6.07) is 5.25. The number of aryl methyl sites for hydroxylation is 1. The van der Waals surface area contributed by atoms with Crippen molar-refractivity contribution >= 4 is 11.9 Å². The van der Waals surface area contributed by atoms with E-state index in [0.29, 0.717) is 17.9 Å². The molecule has 0 aromatic heterocycles. The number of hydrogen-bond donors (Lipinski definition) is 0. The van der Waals surface area contributed by atoms with E-state index in [1.54, 1.807) is 32.0 Å². The van der Waals surface area contributed by atoms with Crippen molar-refractivity contribution in [1.29, 1.82) is 0 Å². The molecule has 0 bridgehead atoms. The highest BCUT2D eigenvalue weighted by Crippen LogP contribution is 2.31. The van der Waals surface area contributed by atoms with E-state index in [-0.39, 0.29) is 0 Å². The summed E-state index contributed by atoms with van der Waals surface area (Å²) < 4.78 is 15.3. The van der Waals surface area contributed by atoms with Crippen LogP contribution in [0.3, 0.4) is 0 Å². The molecule has 1 unspecified atom stereocenters. The monoisotopic (exact) mass is 266 g/mol. The van der Waals surface area contributed by atoms with Gasteiger partial charge < -0.3 is 14.2 Å². The quantitative estimate of drug-likeness (QED) is 0.603. The number of carbonyl (C=O) groups excluding carboxylic acids is 2. The number of hydrogen-bond acceptors (Lipinski definition) is 5. The fraction of sp³-hybridized carbons (Fsp3) is 0.429. The number of rotatable bonds is 5. The maximum atomic E-state index is 11.8. The summed E-state index contributed by atoms with van der Waals surface area (Å²) in [7, 11) is 1.29. The summed E-state index contributed by atoms with van der Waals surface area (Å²) in [6.45, 7) is 5.22. The molecule has 0 spiro atoms. The summed E-state index contributed by atoms with van der Waals surface area (Å²) in [4.78, 5) is 22.9. The molecular formula is C14H18O5. The Bertz CT molecular complexity index is 467. The zero-order valence-electron chi connectivity index (χ0n) is 11.6. The Kier molecular flexibility index (Phi) is 5.51. The van der Waals surface area contributed by atoms with E-state index >= 15 is 0 Å². The molecular weight excluding hydrogens is 248 g/mol. The van der Waals surface area contributed by atoms with E-state index in [0.717, 1.165) is 5.56 Å². The molecule has 0 heterocycles. The van der Waals surface area contributed by atoms with Gasteiger partial charge in [0.25, 0.3) is 0 Å². The van der Waals surface area contributed by atoms with Crippen LogP contribution in [0.15, 0.2) is 18.2 Å². The van der Waals surface area contributed by atoms with Gasteiger partial charge in [-0.1, -0.05) is 18.2 Å². The number of ether oxygens (including phenoxy) is 3. The molecule has 0 amide bonds. The van der Waals surface area contributed by atoms with Gasteiger partial charge in [-0.15, -0.1) is 0 Å². The largest absolute Gasteiger partial charge is 0.467 e. The average molecular weight is 266 g/mol. The molecule has 104 valence electrons. The number of para-hydroxylation sites is 1. The average Bonchev–Trinajstić information content (AvgIpc) is 2.37. The molecule has 0 saturated heterocycles. The van der Waals surface area contributed by atoms with Gasteiger partial charge in [0, 0.05) is 19.1 Å². The molecule has 1 atom stereocenters. The minimum absolute atomic E-state index is 0.340. The summed E-state index contributed by atoms with van der Waals surface area (Å²) in [5.74, 6) is -0.629. The predicted octanol–water partition coefficient (Wildman–Crippen LogP) is 2.17. The van der Waals surface area contributed by atoms with Gasteiger partial charge in [0.1, 0.15) is 5.75 Å². The first kappa shape index (κ1) is 15.2. The number of carbonyl (C=O) groups is 2. The van der Waals surface area contributed by atoms with E-state index < -0.39 is 18.0 Å². The molecule has 5 nitrogen and oxygen atoms in total. The van der Waals surface area contributed by atoms with Crippen molar-refractivity contribution in [2.24, 2.45) is 0 Å². The van der Waals surface area contributed by atoms with Crippen molar-refractivity contribution < 1.29 is 23.8 Å². The zero-order chi connectivity index (χ0) is 14.4. The van der Waals surface area contributed by atoms with E-state index in [1.807, 2.05) is 0 Å². The smallest absolute Gasteiger partial charge is 0.339 e. The Morgan fingerprint density at radius 3 is 2.53 bits per heavy atom. The van der Waals surface area contributed by atoms with Gasteiger partial charge in [-0.3, -0.25) is 4.79 Å². The van der Waals surface area contributed by atoms with Crippen LogP contribution in [0.1, 0.15) is 31.1 Å². The Hall–Kier alpha value is -1.88. The first-order chi connectivity index (χ1) is 9.01. The van der Waals surface area contributed by atoms with Crippen molar-refractivity contribution in [2.75, 3.05) is 13.7 Å². The van der Waals surface area contributed by atoms with E-state index in [9.17, 15) is 9.59 Å². The van der Waals surface area contributed by atoms with E-state index in [1.165, 1.54) is 14.0 Å². The van der Waals surface area contributed by atoms with Gasteiger partial charge in [0.15, 0.2) is 6.10 Å². The van der Waals surface area contributed by atoms with Crippen LogP contribution in [0.2, 0.25) is 0 Å². The van der Waals surface area contributed by atoms with Crippen molar-refractivity contribution in [3.8, 4) is 5.75 Å². The lowest BCUT2D eigenvalue weighted by Crippen LogP contribution is -2.19. The van der Waals surface area contributed by atoms with Crippen LogP contribution in [-0.2, 0) is 19.1 Å². The van der Waals surface area contributed by atoms with Crippen LogP contribution >= 0.6 is 0 Å². The lowest BCUT2D eigenvalue weighted by molar-refractivity contribution is -0.154. The lowest BCUT2D eigenvalue weighted by atomic mass is 10.0. The fourth-order valence-corrected chi connectivity index (χ4v) is 1.72. The van der Waals surface area contributed by atoms with Crippen molar-refractivity contribution in [1.82, 2.24) is 0 Å². The van der Waals surface area contributed by atoms with Crippen LogP contribution in [0.25, 0.3) is 0 Å². The van der Waals surface area contributed by atoms with Gasteiger partial charge in [-0.2, -0.15) is 0 Å². The molecule has 0 aliphatic carbocycles. The highest BCUT2D eigenvalue weighted by molar-refractivity contribution is 5.79. The van der Waals surface area contributed by atoms with Crippen molar-refractivity contribution in [2.45, 2.75) is 26.9 Å². The van der Waals surface area contributed by atoms with Crippen LogP contribution in [-0.4, -0.2) is 25.7 Å². The third-order valence-electron chi connectivity index (χ3n) is 2.52. The van der Waals surface area contributed by atoms with Gasteiger partial charge >= 0.3 is 11.9 Å².